The number of carbonyl (C=O) groups is 3. The third kappa shape index (κ3) is 9.39. The van der Waals surface area contributed by atoms with E-state index in [1.807, 2.05) is 0 Å². The van der Waals surface area contributed by atoms with Crippen molar-refractivity contribution < 1.29 is 32.7 Å². The molecule has 0 saturated heterocycles. The Kier molecular flexibility index (Phi) is 8.91. The Morgan fingerprint density at radius 2 is 1.80 bits per heavy atom. The summed E-state index contributed by atoms with van der Waals surface area (Å²) < 4.78 is 35.3. The minimum absolute atomic E-state index is 0. The molecule has 0 aliphatic heterocycles. The van der Waals surface area contributed by atoms with E-state index in [9.17, 15) is 27.6 Å². The van der Waals surface area contributed by atoms with Crippen LogP contribution in [0.2, 0.25) is 0 Å². The lowest BCUT2D eigenvalue weighted by molar-refractivity contribution is -0.142. The van der Waals surface area contributed by atoms with Crippen LogP contribution in [0.4, 0.5) is 18.0 Å². The molecule has 3 amide bonds. The Balaban J connectivity index is 0. The number of nitrogens with zero attached hydrogens (tertiary/aromatic N) is 1. The van der Waals surface area contributed by atoms with Crippen molar-refractivity contribution in [3.05, 3.63) is 0 Å². The van der Waals surface area contributed by atoms with Crippen LogP contribution < -0.4 is 10.6 Å². The molecule has 0 spiro atoms. The number of urea groups is 1. The van der Waals surface area contributed by atoms with Gasteiger partial charge in [-0.05, 0) is 14.0 Å². The number of carboxylic acid groups (broad SMARTS) is 1. The molecule has 1 atom stereocenters. The average molecular weight is 322 g/mol. The summed E-state index contributed by atoms with van der Waals surface area (Å²) in [6, 6.07) is -2.26. The van der Waals surface area contributed by atoms with E-state index in [2.05, 4.69) is 0 Å². The summed E-state index contributed by atoms with van der Waals surface area (Å²) >= 11 is 0. The molecular weight excluding hydrogens is 307 g/mol. The molecule has 0 aromatic carbocycles. The second kappa shape index (κ2) is 8.59. The summed E-state index contributed by atoms with van der Waals surface area (Å²) in [7, 11) is 1.33. The van der Waals surface area contributed by atoms with Gasteiger partial charge in [-0.25, -0.2) is 4.79 Å². The van der Waals surface area contributed by atoms with Gasteiger partial charge in [-0.1, -0.05) is 0 Å². The molecule has 0 heterocycles. The molecular formula is C9H15ClF3N3O4. The molecule has 0 radical (unpaired) electrons. The summed E-state index contributed by atoms with van der Waals surface area (Å²) in [5.41, 5.74) is 0. The van der Waals surface area contributed by atoms with Crippen molar-refractivity contribution in [3.8, 4) is 0 Å². The first-order chi connectivity index (χ1) is 8.53. The quantitative estimate of drug-likeness (QED) is 0.672. The predicted octanol–water partition coefficient (Wildman–Crippen LogP) is 0.201. The highest BCUT2D eigenvalue weighted by Crippen LogP contribution is 2.11. The first kappa shape index (κ1) is 20.8. The lowest BCUT2D eigenvalue weighted by Crippen LogP contribution is -2.48. The molecule has 7 nitrogen and oxygen atoms in total. The first-order valence-electron chi connectivity index (χ1n) is 5.10. The van der Waals surface area contributed by atoms with Gasteiger partial charge >= 0.3 is 18.2 Å². The topological polar surface area (TPSA) is 98.7 Å². The Hall–Kier alpha value is -1.55. The number of hydrogen-bond acceptors (Lipinski definition) is 4. The number of imide groups is 1. The number of carbonyl (C=O) groups excluding carboxylic acids is 2. The van der Waals surface area contributed by atoms with E-state index in [1.165, 1.54) is 19.3 Å². The maximum absolute atomic E-state index is 11.8. The molecule has 20 heavy (non-hydrogen) atoms. The number of alkyl halides is 3. The first-order valence-corrected chi connectivity index (χ1v) is 5.10. The van der Waals surface area contributed by atoms with Crippen molar-refractivity contribution in [2.24, 2.45) is 0 Å². The Morgan fingerprint density at radius 1 is 1.30 bits per heavy atom. The Labute approximate surface area is 118 Å². The number of amides is 3. The van der Waals surface area contributed by atoms with E-state index >= 15 is 0 Å². The zero-order valence-corrected chi connectivity index (χ0v) is 11.5. The number of aliphatic carboxylic acids is 1. The zero-order valence-electron chi connectivity index (χ0n) is 10.7. The molecule has 3 N–H and O–H groups in total. The lowest BCUT2D eigenvalue weighted by Gasteiger charge is -2.20. The number of carboxylic acids is 1. The van der Waals surface area contributed by atoms with Crippen molar-refractivity contribution in [3.63, 3.8) is 0 Å². The summed E-state index contributed by atoms with van der Waals surface area (Å²) in [5.74, 6) is -2.08. The number of nitrogens with one attached hydrogen (secondary N) is 2. The van der Waals surface area contributed by atoms with E-state index in [1.54, 1.807) is 5.32 Å². The van der Waals surface area contributed by atoms with Crippen molar-refractivity contribution in [2.45, 2.75) is 19.1 Å². The fourth-order valence-electron chi connectivity index (χ4n) is 0.943. The van der Waals surface area contributed by atoms with Crippen molar-refractivity contribution in [1.29, 1.82) is 0 Å². The van der Waals surface area contributed by atoms with E-state index in [0.29, 0.717) is 0 Å². The van der Waals surface area contributed by atoms with E-state index < -0.39 is 43.2 Å². The van der Waals surface area contributed by atoms with Crippen LogP contribution in [0.3, 0.4) is 0 Å². The second-order valence-electron chi connectivity index (χ2n) is 3.78. The highest BCUT2D eigenvalue weighted by molar-refractivity contribution is 5.95. The summed E-state index contributed by atoms with van der Waals surface area (Å²) in [5, 5.41) is 11.7. The average Bonchev–Trinajstić information content (AvgIpc) is 2.23. The van der Waals surface area contributed by atoms with Gasteiger partial charge in [-0.3, -0.25) is 19.8 Å². The van der Waals surface area contributed by atoms with Crippen LogP contribution in [0.5, 0.6) is 0 Å². The third-order valence-corrected chi connectivity index (χ3v) is 2.11. The fraction of sp³-hybridized carbons (Fsp3) is 0.667. The van der Waals surface area contributed by atoms with Gasteiger partial charge in [0.1, 0.15) is 12.6 Å². The monoisotopic (exact) mass is 321 g/mol. The number of likely N-dealkylation sites (N-methyl/N-ethyl adjacent to an activating group) is 1. The molecule has 0 aromatic heterocycles. The molecule has 0 saturated carbocycles. The van der Waals surface area contributed by atoms with Crippen LogP contribution in [0, 0.1) is 0 Å². The molecule has 0 aliphatic rings. The maximum atomic E-state index is 11.8. The predicted molar refractivity (Wildman–Crippen MR) is 64.6 cm³/mol. The van der Waals surface area contributed by atoms with Crippen molar-refractivity contribution in [1.82, 2.24) is 15.5 Å². The lowest BCUT2D eigenvalue weighted by atomic mass is 10.3. The molecule has 118 valence electrons. The second-order valence-corrected chi connectivity index (χ2v) is 3.78. The minimum atomic E-state index is -4.57. The van der Waals surface area contributed by atoms with Crippen LogP contribution in [0.25, 0.3) is 0 Å². The normalized spacial score (nSPS) is 12.3. The maximum Gasteiger partial charge on any atom is 0.405 e. The minimum Gasteiger partial charge on any atom is -0.480 e. The summed E-state index contributed by atoms with van der Waals surface area (Å²) in [6.07, 6.45) is -4.57. The Bertz CT molecular complexity index is 365. The van der Waals surface area contributed by atoms with Gasteiger partial charge in [-0.2, -0.15) is 13.2 Å². The van der Waals surface area contributed by atoms with Gasteiger partial charge in [0.05, 0.1) is 6.54 Å². The summed E-state index contributed by atoms with van der Waals surface area (Å²) in [6.45, 7) is -0.681. The molecule has 0 aliphatic carbocycles. The van der Waals surface area contributed by atoms with Crippen LogP contribution in [-0.2, 0) is 9.59 Å². The number of rotatable bonds is 5. The summed E-state index contributed by atoms with van der Waals surface area (Å²) in [4.78, 5) is 33.8. The largest absolute Gasteiger partial charge is 0.480 e. The SMILES string of the molecule is CC(C(=O)O)N(C)CC(=O)NC(=O)NCC(F)(F)F.Cl. The van der Waals surface area contributed by atoms with Crippen molar-refractivity contribution >= 4 is 30.3 Å². The standard InChI is InChI=1S/C9H14F3N3O4.ClH/c1-5(7(17)18)15(2)3-6(16)14-8(19)13-4-9(10,11)12;/h5H,3-4H2,1-2H3,(H,17,18)(H2,13,14,16,19);1H. The van der Waals surface area contributed by atoms with Gasteiger partial charge in [0.25, 0.3) is 0 Å². The van der Waals surface area contributed by atoms with Gasteiger partial charge in [0, 0.05) is 0 Å². The van der Waals surface area contributed by atoms with Gasteiger partial charge < -0.3 is 10.4 Å². The van der Waals surface area contributed by atoms with E-state index in [4.69, 9.17) is 5.11 Å². The fourth-order valence-corrected chi connectivity index (χ4v) is 0.943. The van der Waals surface area contributed by atoms with E-state index in [0.717, 1.165) is 4.90 Å². The highest BCUT2D eigenvalue weighted by atomic mass is 35.5. The molecule has 0 fully saturated rings. The highest BCUT2D eigenvalue weighted by Gasteiger charge is 2.28. The van der Waals surface area contributed by atoms with Crippen molar-refractivity contribution in [2.75, 3.05) is 20.1 Å². The van der Waals surface area contributed by atoms with Crippen LogP contribution >= 0.6 is 12.4 Å². The van der Waals surface area contributed by atoms with Gasteiger partial charge in [-0.15, -0.1) is 12.4 Å². The van der Waals surface area contributed by atoms with Crippen LogP contribution in [0.1, 0.15) is 6.92 Å². The number of halogens is 4. The van der Waals surface area contributed by atoms with Gasteiger partial charge in [0.15, 0.2) is 0 Å². The van der Waals surface area contributed by atoms with E-state index in [-0.39, 0.29) is 12.4 Å². The third-order valence-electron chi connectivity index (χ3n) is 2.11. The zero-order chi connectivity index (χ0) is 15.2. The van der Waals surface area contributed by atoms with Gasteiger partial charge in [0.2, 0.25) is 5.91 Å². The number of hydrogen-bond donors (Lipinski definition) is 3. The van der Waals surface area contributed by atoms with Crippen LogP contribution in [0.15, 0.2) is 0 Å². The molecule has 11 heteroatoms. The van der Waals surface area contributed by atoms with Crippen LogP contribution in [-0.4, -0.2) is 60.3 Å². The molecule has 0 aromatic rings. The molecule has 1 unspecified atom stereocenters. The Morgan fingerprint density at radius 3 is 2.20 bits per heavy atom. The molecule has 0 rings (SSSR count). The molecule has 0 bridgehead atoms. The smallest absolute Gasteiger partial charge is 0.405 e.